The number of benzene rings is 1. The first-order valence-corrected chi connectivity index (χ1v) is 6.76. The Morgan fingerprint density at radius 1 is 1.38 bits per heavy atom. The summed E-state index contributed by atoms with van der Waals surface area (Å²) in [6.45, 7) is 3.04. The van der Waals surface area contributed by atoms with Crippen LogP contribution in [0.15, 0.2) is 24.3 Å². The fraction of sp³-hybridized carbons (Fsp3) is 0.455. The lowest BCUT2D eigenvalue weighted by molar-refractivity contribution is 0.296. The second-order valence-corrected chi connectivity index (χ2v) is 5.75. The zero-order valence-corrected chi connectivity index (χ0v) is 10.3. The number of aliphatic hydroxyl groups excluding tert-OH is 1. The van der Waals surface area contributed by atoms with Gasteiger partial charge >= 0.3 is 0 Å². The van der Waals surface area contributed by atoms with Gasteiger partial charge in [0.2, 0.25) is 10.0 Å². The van der Waals surface area contributed by atoms with Crippen molar-refractivity contribution in [3.05, 3.63) is 29.8 Å². The maximum absolute atomic E-state index is 11.7. The molecular formula is C11H17NO3S. The van der Waals surface area contributed by atoms with Crippen LogP contribution in [-0.2, 0) is 16.4 Å². The lowest BCUT2D eigenvalue weighted by atomic mass is 10.1. The van der Waals surface area contributed by atoms with Gasteiger partial charge in [-0.2, -0.15) is 0 Å². The first kappa shape index (κ1) is 13.0. The Balaban J connectivity index is 2.96. The van der Waals surface area contributed by atoms with Crippen molar-refractivity contribution in [2.24, 2.45) is 0 Å². The molecule has 90 valence electrons. The average molecular weight is 243 g/mol. The SMILES string of the molecule is CCc1ccccc1NS(=O)(=O)C(C)CO. The van der Waals surface area contributed by atoms with Gasteiger partial charge in [0.15, 0.2) is 0 Å². The Bertz CT molecular complexity index is 442. The number of para-hydroxylation sites is 1. The molecule has 16 heavy (non-hydrogen) atoms. The van der Waals surface area contributed by atoms with Crippen LogP contribution >= 0.6 is 0 Å². The van der Waals surface area contributed by atoms with Crippen molar-refractivity contribution >= 4 is 15.7 Å². The van der Waals surface area contributed by atoms with Gasteiger partial charge < -0.3 is 5.11 Å². The van der Waals surface area contributed by atoms with E-state index in [-0.39, 0.29) is 6.61 Å². The molecule has 1 unspecified atom stereocenters. The monoisotopic (exact) mass is 243 g/mol. The molecule has 0 radical (unpaired) electrons. The number of hydrogen-bond donors (Lipinski definition) is 2. The van der Waals surface area contributed by atoms with Gasteiger partial charge in [-0.05, 0) is 25.0 Å². The third-order valence-corrected chi connectivity index (χ3v) is 4.15. The van der Waals surface area contributed by atoms with E-state index in [4.69, 9.17) is 5.11 Å². The molecule has 0 aromatic heterocycles. The van der Waals surface area contributed by atoms with Crippen LogP contribution in [0, 0.1) is 0 Å². The van der Waals surface area contributed by atoms with Crippen molar-refractivity contribution in [2.75, 3.05) is 11.3 Å². The van der Waals surface area contributed by atoms with Crippen molar-refractivity contribution in [1.82, 2.24) is 0 Å². The maximum Gasteiger partial charge on any atom is 0.237 e. The van der Waals surface area contributed by atoms with Crippen molar-refractivity contribution < 1.29 is 13.5 Å². The Morgan fingerprint density at radius 3 is 2.56 bits per heavy atom. The van der Waals surface area contributed by atoms with Crippen molar-refractivity contribution in [3.63, 3.8) is 0 Å². The highest BCUT2D eigenvalue weighted by Gasteiger charge is 2.20. The van der Waals surface area contributed by atoms with E-state index in [9.17, 15) is 8.42 Å². The van der Waals surface area contributed by atoms with E-state index in [0.717, 1.165) is 12.0 Å². The van der Waals surface area contributed by atoms with Crippen LogP contribution in [0.4, 0.5) is 5.69 Å². The Kier molecular flexibility index (Phi) is 4.32. The molecule has 4 nitrogen and oxygen atoms in total. The van der Waals surface area contributed by atoms with E-state index in [0.29, 0.717) is 5.69 Å². The van der Waals surface area contributed by atoms with E-state index < -0.39 is 15.3 Å². The summed E-state index contributed by atoms with van der Waals surface area (Å²) in [5.74, 6) is 0. The number of aryl methyl sites for hydroxylation is 1. The van der Waals surface area contributed by atoms with Crippen LogP contribution in [0.25, 0.3) is 0 Å². The summed E-state index contributed by atoms with van der Waals surface area (Å²) in [7, 11) is -3.50. The topological polar surface area (TPSA) is 66.4 Å². The molecule has 1 rings (SSSR count). The Morgan fingerprint density at radius 2 is 2.00 bits per heavy atom. The van der Waals surface area contributed by atoms with Gasteiger partial charge in [0.25, 0.3) is 0 Å². The van der Waals surface area contributed by atoms with Crippen LogP contribution in [0.2, 0.25) is 0 Å². The van der Waals surface area contributed by atoms with Crippen molar-refractivity contribution in [3.8, 4) is 0 Å². The first-order valence-electron chi connectivity index (χ1n) is 5.21. The van der Waals surface area contributed by atoms with E-state index in [1.807, 2.05) is 19.1 Å². The molecule has 0 spiro atoms. The molecule has 0 aliphatic carbocycles. The minimum absolute atomic E-state index is 0.385. The van der Waals surface area contributed by atoms with Crippen LogP contribution in [-0.4, -0.2) is 25.4 Å². The zero-order valence-electron chi connectivity index (χ0n) is 9.47. The fourth-order valence-corrected chi connectivity index (χ4v) is 2.18. The fourth-order valence-electron chi connectivity index (χ4n) is 1.28. The van der Waals surface area contributed by atoms with Gasteiger partial charge in [-0.1, -0.05) is 25.1 Å². The van der Waals surface area contributed by atoms with Gasteiger partial charge in [-0.15, -0.1) is 0 Å². The molecule has 2 N–H and O–H groups in total. The standard InChI is InChI=1S/C11H17NO3S/c1-3-10-6-4-5-7-11(10)12-16(14,15)9(2)8-13/h4-7,9,12-13H,3,8H2,1-2H3. The van der Waals surface area contributed by atoms with Gasteiger partial charge in [0.1, 0.15) is 5.25 Å². The molecule has 0 saturated carbocycles. The molecule has 0 aliphatic heterocycles. The highest BCUT2D eigenvalue weighted by molar-refractivity contribution is 7.93. The number of aliphatic hydroxyl groups is 1. The third-order valence-electron chi connectivity index (χ3n) is 2.44. The Labute approximate surface area is 96.4 Å². The number of rotatable bonds is 5. The molecular weight excluding hydrogens is 226 g/mol. The summed E-state index contributed by atoms with van der Waals surface area (Å²) in [5, 5.41) is 8.05. The summed E-state index contributed by atoms with van der Waals surface area (Å²) in [4.78, 5) is 0. The summed E-state index contributed by atoms with van der Waals surface area (Å²) in [6.07, 6.45) is 0.756. The second kappa shape index (κ2) is 5.32. The molecule has 0 bridgehead atoms. The predicted molar refractivity (Wildman–Crippen MR) is 64.9 cm³/mol. The van der Waals surface area contributed by atoms with Crippen LogP contribution in [0.5, 0.6) is 0 Å². The van der Waals surface area contributed by atoms with Gasteiger partial charge in [-0.25, -0.2) is 8.42 Å². The maximum atomic E-state index is 11.7. The normalized spacial score (nSPS) is 13.4. The minimum atomic E-state index is -3.50. The lowest BCUT2D eigenvalue weighted by Crippen LogP contribution is -2.28. The Hall–Kier alpha value is -1.07. The summed E-state index contributed by atoms with van der Waals surface area (Å²) < 4.78 is 26.0. The molecule has 0 fully saturated rings. The van der Waals surface area contributed by atoms with E-state index in [2.05, 4.69) is 4.72 Å². The highest BCUT2D eigenvalue weighted by atomic mass is 32.2. The van der Waals surface area contributed by atoms with Crippen LogP contribution < -0.4 is 4.72 Å². The number of hydrogen-bond acceptors (Lipinski definition) is 3. The molecule has 0 aliphatic rings. The molecule has 1 aromatic carbocycles. The van der Waals surface area contributed by atoms with Crippen molar-refractivity contribution in [1.29, 1.82) is 0 Å². The predicted octanol–water partition coefficient (Wildman–Crippen LogP) is 1.37. The number of sulfonamides is 1. The second-order valence-electron chi connectivity index (χ2n) is 3.65. The quantitative estimate of drug-likeness (QED) is 0.821. The van der Waals surface area contributed by atoms with Gasteiger partial charge in [-0.3, -0.25) is 4.72 Å². The molecule has 1 aromatic rings. The summed E-state index contributed by atoms with van der Waals surface area (Å²) in [6, 6.07) is 7.24. The largest absolute Gasteiger partial charge is 0.395 e. The minimum Gasteiger partial charge on any atom is -0.395 e. The van der Waals surface area contributed by atoms with Gasteiger partial charge in [0, 0.05) is 0 Å². The first-order chi connectivity index (χ1) is 7.51. The highest BCUT2D eigenvalue weighted by Crippen LogP contribution is 2.18. The molecule has 5 heteroatoms. The molecule has 0 amide bonds. The molecule has 1 atom stereocenters. The summed E-state index contributed by atoms with van der Waals surface area (Å²) >= 11 is 0. The molecule has 0 saturated heterocycles. The van der Waals surface area contributed by atoms with E-state index in [1.165, 1.54) is 6.92 Å². The van der Waals surface area contributed by atoms with Crippen LogP contribution in [0.3, 0.4) is 0 Å². The number of anilines is 1. The number of nitrogens with one attached hydrogen (secondary N) is 1. The zero-order chi connectivity index (χ0) is 12.2. The molecule has 0 heterocycles. The van der Waals surface area contributed by atoms with E-state index >= 15 is 0 Å². The third kappa shape index (κ3) is 2.96. The van der Waals surface area contributed by atoms with E-state index in [1.54, 1.807) is 12.1 Å². The average Bonchev–Trinajstić information content (AvgIpc) is 2.28. The lowest BCUT2D eigenvalue weighted by Gasteiger charge is -2.14. The summed E-state index contributed by atoms with van der Waals surface area (Å²) in [5.41, 5.74) is 1.53. The smallest absolute Gasteiger partial charge is 0.237 e. The van der Waals surface area contributed by atoms with Crippen molar-refractivity contribution in [2.45, 2.75) is 25.5 Å². The van der Waals surface area contributed by atoms with Gasteiger partial charge in [0.05, 0.1) is 12.3 Å². The van der Waals surface area contributed by atoms with Crippen LogP contribution in [0.1, 0.15) is 19.4 Å².